The second-order valence-corrected chi connectivity index (χ2v) is 6.40. The van der Waals surface area contributed by atoms with Gasteiger partial charge in [-0.15, -0.1) is 24.0 Å². The average Bonchev–Trinajstić information content (AvgIpc) is 2.70. The summed E-state index contributed by atoms with van der Waals surface area (Å²) >= 11 is 0. The number of halogens is 1. The van der Waals surface area contributed by atoms with Crippen LogP contribution in [0.25, 0.3) is 0 Å². The average molecular weight is 508 g/mol. The summed E-state index contributed by atoms with van der Waals surface area (Å²) in [5.41, 5.74) is 2.58. The first kappa shape index (κ1) is 22.6. The van der Waals surface area contributed by atoms with E-state index < -0.39 is 0 Å². The first-order valence-corrected chi connectivity index (χ1v) is 9.26. The number of carbonyl (C=O) groups is 2. The SMILES string of the molecule is CCNC(=NCC(=O)Nc1cccnc1)NCC1CC(=O)Nc2ccccc21.I. The van der Waals surface area contributed by atoms with E-state index in [0.717, 1.165) is 11.3 Å². The van der Waals surface area contributed by atoms with Crippen LogP contribution in [0.5, 0.6) is 0 Å². The van der Waals surface area contributed by atoms with Gasteiger partial charge in [0.2, 0.25) is 11.8 Å². The molecule has 1 atom stereocenters. The molecular weight excluding hydrogens is 483 g/mol. The van der Waals surface area contributed by atoms with E-state index in [1.165, 1.54) is 0 Å². The Hall–Kier alpha value is -2.69. The maximum absolute atomic E-state index is 12.1. The lowest BCUT2D eigenvalue weighted by Crippen LogP contribution is -2.41. The predicted molar refractivity (Wildman–Crippen MR) is 125 cm³/mol. The molecule has 1 aliphatic heterocycles. The molecule has 2 amide bonds. The van der Waals surface area contributed by atoms with Gasteiger partial charge in [-0.1, -0.05) is 18.2 Å². The first-order valence-electron chi connectivity index (χ1n) is 9.26. The molecule has 2 heterocycles. The van der Waals surface area contributed by atoms with Crippen molar-refractivity contribution in [3.05, 3.63) is 54.4 Å². The van der Waals surface area contributed by atoms with Crippen LogP contribution in [0.4, 0.5) is 11.4 Å². The third-order valence-electron chi connectivity index (χ3n) is 4.29. The molecule has 2 aromatic rings. The Labute approximate surface area is 187 Å². The molecule has 154 valence electrons. The third kappa shape index (κ3) is 6.70. The van der Waals surface area contributed by atoms with Crippen molar-refractivity contribution in [2.24, 2.45) is 4.99 Å². The largest absolute Gasteiger partial charge is 0.357 e. The van der Waals surface area contributed by atoms with Crippen LogP contribution in [0.3, 0.4) is 0 Å². The summed E-state index contributed by atoms with van der Waals surface area (Å²) in [4.78, 5) is 32.3. The summed E-state index contributed by atoms with van der Waals surface area (Å²) < 4.78 is 0. The number of nitrogens with one attached hydrogen (secondary N) is 4. The van der Waals surface area contributed by atoms with Gasteiger partial charge in [0.15, 0.2) is 5.96 Å². The summed E-state index contributed by atoms with van der Waals surface area (Å²) in [6.45, 7) is 3.14. The molecule has 0 saturated heterocycles. The van der Waals surface area contributed by atoms with Crippen LogP contribution in [0.15, 0.2) is 53.8 Å². The van der Waals surface area contributed by atoms with Crippen molar-refractivity contribution >= 4 is 53.1 Å². The van der Waals surface area contributed by atoms with Crippen molar-refractivity contribution < 1.29 is 9.59 Å². The fourth-order valence-corrected chi connectivity index (χ4v) is 3.03. The first-order chi connectivity index (χ1) is 13.7. The fraction of sp³-hybridized carbons (Fsp3) is 0.300. The Bertz CT molecular complexity index is 859. The number of hydrogen-bond donors (Lipinski definition) is 4. The lowest BCUT2D eigenvalue weighted by atomic mass is 9.90. The number of anilines is 2. The zero-order valence-corrected chi connectivity index (χ0v) is 18.5. The van der Waals surface area contributed by atoms with E-state index in [4.69, 9.17) is 0 Å². The van der Waals surface area contributed by atoms with Gasteiger partial charge in [-0.2, -0.15) is 0 Å². The van der Waals surface area contributed by atoms with Gasteiger partial charge in [0, 0.05) is 37.3 Å². The predicted octanol–water partition coefficient (Wildman–Crippen LogP) is 2.32. The second-order valence-electron chi connectivity index (χ2n) is 6.40. The Balaban J connectivity index is 0.00000300. The molecule has 9 heteroatoms. The molecule has 3 rings (SSSR count). The summed E-state index contributed by atoms with van der Waals surface area (Å²) in [7, 11) is 0. The zero-order chi connectivity index (χ0) is 19.8. The number of guanidine groups is 1. The number of nitrogens with zero attached hydrogens (tertiary/aromatic N) is 2. The normalized spacial score (nSPS) is 15.4. The highest BCUT2D eigenvalue weighted by Gasteiger charge is 2.24. The molecule has 29 heavy (non-hydrogen) atoms. The highest BCUT2D eigenvalue weighted by atomic mass is 127. The van der Waals surface area contributed by atoms with Crippen LogP contribution in [0.2, 0.25) is 0 Å². The van der Waals surface area contributed by atoms with Gasteiger partial charge < -0.3 is 21.3 Å². The molecule has 1 aliphatic rings. The van der Waals surface area contributed by atoms with Crippen molar-refractivity contribution in [1.29, 1.82) is 0 Å². The molecule has 0 fully saturated rings. The number of amides is 2. The summed E-state index contributed by atoms with van der Waals surface area (Å²) in [5.74, 6) is 0.348. The van der Waals surface area contributed by atoms with Gasteiger partial charge in [0.25, 0.3) is 0 Å². The number of rotatable bonds is 6. The topological polar surface area (TPSA) is 108 Å². The van der Waals surface area contributed by atoms with E-state index in [2.05, 4.69) is 31.2 Å². The number of fused-ring (bicyclic) bond motifs is 1. The van der Waals surface area contributed by atoms with Crippen LogP contribution < -0.4 is 21.3 Å². The molecule has 0 spiro atoms. The van der Waals surface area contributed by atoms with Crippen LogP contribution in [0.1, 0.15) is 24.8 Å². The second kappa shape index (κ2) is 11.3. The summed E-state index contributed by atoms with van der Waals surface area (Å²) in [5, 5.41) is 12.0. The zero-order valence-electron chi connectivity index (χ0n) is 16.1. The molecule has 4 N–H and O–H groups in total. The monoisotopic (exact) mass is 508 g/mol. The number of benzene rings is 1. The van der Waals surface area contributed by atoms with E-state index in [1.807, 2.05) is 31.2 Å². The van der Waals surface area contributed by atoms with E-state index >= 15 is 0 Å². The number of carbonyl (C=O) groups excluding carboxylic acids is 2. The van der Waals surface area contributed by atoms with Gasteiger partial charge in [0.1, 0.15) is 6.54 Å². The standard InChI is InChI=1S/C20H24N6O2.HI/c1-2-22-20(24-13-19(28)25-15-6-5-9-21-12-15)23-11-14-10-18(27)26-17-8-4-3-7-16(14)17;/h3-9,12,14H,2,10-11,13H2,1H3,(H,25,28)(H,26,27)(H2,22,23,24);1H. The van der Waals surface area contributed by atoms with Gasteiger partial charge >= 0.3 is 0 Å². The molecule has 0 aliphatic carbocycles. The van der Waals surface area contributed by atoms with Crippen molar-refractivity contribution in [1.82, 2.24) is 15.6 Å². The highest BCUT2D eigenvalue weighted by Crippen LogP contribution is 2.31. The quantitative estimate of drug-likeness (QED) is 0.272. The number of aromatic nitrogens is 1. The fourth-order valence-electron chi connectivity index (χ4n) is 3.03. The molecule has 1 aromatic heterocycles. The van der Waals surface area contributed by atoms with Crippen molar-refractivity contribution in [3.8, 4) is 0 Å². The van der Waals surface area contributed by atoms with Crippen molar-refractivity contribution in [2.75, 3.05) is 30.3 Å². The molecule has 1 unspecified atom stereocenters. The number of hydrogen-bond acceptors (Lipinski definition) is 4. The van der Waals surface area contributed by atoms with Crippen LogP contribution in [-0.4, -0.2) is 42.4 Å². The van der Waals surface area contributed by atoms with Crippen molar-refractivity contribution in [2.45, 2.75) is 19.3 Å². The summed E-state index contributed by atoms with van der Waals surface area (Å²) in [6, 6.07) is 11.3. The van der Waals surface area contributed by atoms with Crippen LogP contribution >= 0.6 is 24.0 Å². The van der Waals surface area contributed by atoms with Gasteiger partial charge in [-0.25, -0.2) is 4.99 Å². The maximum atomic E-state index is 12.1. The van der Waals surface area contributed by atoms with Gasteiger partial charge in [-0.3, -0.25) is 14.6 Å². The Morgan fingerprint density at radius 1 is 1.24 bits per heavy atom. The van der Waals surface area contributed by atoms with E-state index in [0.29, 0.717) is 31.2 Å². The third-order valence-corrected chi connectivity index (χ3v) is 4.29. The number of pyridine rings is 1. The van der Waals surface area contributed by atoms with Gasteiger partial charge in [0.05, 0.1) is 11.9 Å². The van der Waals surface area contributed by atoms with Crippen molar-refractivity contribution in [3.63, 3.8) is 0 Å². The Kier molecular flexibility index (Phi) is 8.84. The number of aliphatic imine (C=N–C) groups is 1. The van der Waals surface area contributed by atoms with E-state index in [9.17, 15) is 9.59 Å². The lowest BCUT2D eigenvalue weighted by Gasteiger charge is -2.26. The van der Waals surface area contributed by atoms with Crippen LogP contribution in [0, 0.1) is 0 Å². The molecule has 0 radical (unpaired) electrons. The minimum atomic E-state index is -0.229. The minimum absolute atomic E-state index is 0. The van der Waals surface area contributed by atoms with Crippen LogP contribution in [-0.2, 0) is 9.59 Å². The Morgan fingerprint density at radius 3 is 2.83 bits per heavy atom. The van der Waals surface area contributed by atoms with E-state index in [-0.39, 0.29) is 48.3 Å². The van der Waals surface area contributed by atoms with E-state index in [1.54, 1.807) is 24.5 Å². The highest BCUT2D eigenvalue weighted by molar-refractivity contribution is 14.0. The van der Waals surface area contributed by atoms with Gasteiger partial charge in [-0.05, 0) is 30.7 Å². The lowest BCUT2D eigenvalue weighted by molar-refractivity contribution is -0.117. The Morgan fingerprint density at radius 2 is 2.07 bits per heavy atom. The molecular formula is C20H25IN6O2. The molecule has 0 bridgehead atoms. The summed E-state index contributed by atoms with van der Waals surface area (Å²) in [6.07, 6.45) is 3.63. The minimum Gasteiger partial charge on any atom is -0.357 e. The maximum Gasteiger partial charge on any atom is 0.246 e. The molecule has 8 nitrogen and oxygen atoms in total. The smallest absolute Gasteiger partial charge is 0.246 e. The molecule has 0 saturated carbocycles. The number of para-hydroxylation sites is 1. The molecule has 1 aromatic carbocycles.